The first-order valence-electron chi connectivity index (χ1n) is 6.17. The summed E-state index contributed by atoms with van der Waals surface area (Å²) in [6, 6.07) is 6.35. The molecule has 1 aliphatic rings. The molecule has 0 saturated carbocycles. The van der Waals surface area contributed by atoms with Crippen molar-refractivity contribution in [2.45, 2.75) is 6.42 Å². The van der Waals surface area contributed by atoms with Crippen molar-refractivity contribution in [3.8, 4) is 0 Å². The molecule has 0 atom stereocenters. The summed E-state index contributed by atoms with van der Waals surface area (Å²) in [5, 5.41) is 2.74. The molecule has 0 radical (unpaired) electrons. The van der Waals surface area contributed by atoms with Gasteiger partial charge in [0.25, 0.3) is 5.24 Å². The number of primary amides is 1. The molecule has 3 amide bonds. The molecule has 7 heteroatoms. The van der Waals surface area contributed by atoms with E-state index in [4.69, 9.17) is 5.73 Å². The summed E-state index contributed by atoms with van der Waals surface area (Å²) < 4.78 is 0. The number of anilines is 1. The van der Waals surface area contributed by atoms with Gasteiger partial charge in [-0.1, -0.05) is 11.8 Å². The topological polar surface area (TPSA) is 92.5 Å². The van der Waals surface area contributed by atoms with E-state index in [0.29, 0.717) is 24.3 Å². The Kier molecular flexibility index (Phi) is 4.62. The molecule has 106 valence electrons. The molecule has 0 aliphatic carbocycles. The third-order valence-electron chi connectivity index (χ3n) is 2.91. The van der Waals surface area contributed by atoms with E-state index in [0.717, 1.165) is 5.75 Å². The summed E-state index contributed by atoms with van der Waals surface area (Å²) in [6.07, 6.45) is 0.254. The highest BCUT2D eigenvalue weighted by Gasteiger charge is 2.21. The van der Waals surface area contributed by atoms with Gasteiger partial charge in [0.15, 0.2) is 0 Å². The fraction of sp³-hybridized carbons (Fsp3) is 0.308. The monoisotopic (exact) mass is 293 g/mol. The van der Waals surface area contributed by atoms with Crippen LogP contribution in [0.5, 0.6) is 0 Å². The van der Waals surface area contributed by atoms with Crippen LogP contribution in [0.25, 0.3) is 0 Å². The van der Waals surface area contributed by atoms with Gasteiger partial charge in [-0.3, -0.25) is 14.4 Å². The normalized spacial score (nSPS) is 14.4. The fourth-order valence-corrected chi connectivity index (χ4v) is 2.66. The molecule has 20 heavy (non-hydrogen) atoms. The molecule has 1 fully saturated rings. The fourth-order valence-electron chi connectivity index (χ4n) is 1.81. The van der Waals surface area contributed by atoms with E-state index < -0.39 is 5.91 Å². The summed E-state index contributed by atoms with van der Waals surface area (Å²) in [5.74, 6) is 0.115. The third kappa shape index (κ3) is 3.74. The van der Waals surface area contributed by atoms with Gasteiger partial charge in [0.2, 0.25) is 11.8 Å². The highest BCUT2D eigenvalue weighted by Crippen LogP contribution is 2.17. The average molecular weight is 293 g/mol. The third-order valence-corrected chi connectivity index (χ3v) is 3.80. The van der Waals surface area contributed by atoms with Gasteiger partial charge in [0.1, 0.15) is 0 Å². The molecule has 1 saturated heterocycles. The minimum Gasteiger partial charge on any atom is -0.366 e. The minimum absolute atomic E-state index is 0.0311. The van der Waals surface area contributed by atoms with Gasteiger partial charge >= 0.3 is 0 Å². The van der Waals surface area contributed by atoms with Crippen LogP contribution in [-0.4, -0.2) is 40.8 Å². The van der Waals surface area contributed by atoms with E-state index in [1.807, 2.05) is 0 Å². The average Bonchev–Trinajstić information content (AvgIpc) is 2.82. The zero-order valence-electron chi connectivity index (χ0n) is 10.8. The molecule has 3 N–H and O–H groups in total. The Morgan fingerprint density at radius 2 is 2.00 bits per heavy atom. The van der Waals surface area contributed by atoms with Gasteiger partial charge < -0.3 is 16.0 Å². The van der Waals surface area contributed by atoms with Gasteiger partial charge in [-0.25, -0.2) is 0 Å². The molecule has 1 heterocycles. The molecular weight excluding hydrogens is 278 g/mol. The number of nitrogens with one attached hydrogen (secondary N) is 1. The number of amides is 3. The standard InChI is InChI=1S/C13H15N3O3S/c14-12(18)9-1-3-10(4-2-9)15-11(17)5-6-16-7-8-20-13(16)19/h1-4H,5-8H2,(H2,14,18)(H,15,17). The molecule has 6 nitrogen and oxygen atoms in total. The molecule has 0 bridgehead atoms. The van der Waals surface area contributed by atoms with E-state index in [2.05, 4.69) is 5.32 Å². The maximum atomic E-state index is 11.7. The highest BCUT2D eigenvalue weighted by molar-refractivity contribution is 8.13. The summed E-state index contributed by atoms with van der Waals surface area (Å²) in [6.45, 7) is 1.13. The van der Waals surface area contributed by atoms with E-state index in [1.54, 1.807) is 29.2 Å². The molecule has 0 aromatic heterocycles. The van der Waals surface area contributed by atoms with E-state index in [-0.39, 0.29) is 17.6 Å². The molecule has 0 unspecified atom stereocenters. The molecule has 1 aromatic rings. The Morgan fingerprint density at radius 3 is 2.55 bits per heavy atom. The second-order valence-electron chi connectivity index (χ2n) is 4.34. The lowest BCUT2D eigenvalue weighted by Crippen LogP contribution is -2.27. The number of thioether (sulfide) groups is 1. The van der Waals surface area contributed by atoms with Crippen LogP contribution in [0.2, 0.25) is 0 Å². The van der Waals surface area contributed by atoms with Crippen molar-refractivity contribution in [2.75, 3.05) is 24.2 Å². The van der Waals surface area contributed by atoms with E-state index in [9.17, 15) is 14.4 Å². The number of rotatable bonds is 5. The van der Waals surface area contributed by atoms with Crippen LogP contribution >= 0.6 is 11.8 Å². The SMILES string of the molecule is NC(=O)c1ccc(NC(=O)CCN2CCSC2=O)cc1. The van der Waals surface area contributed by atoms with Crippen molar-refractivity contribution in [1.82, 2.24) is 4.90 Å². The van der Waals surface area contributed by atoms with Gasteiger partial charge in [0.05, 0.1) is 0 Å². The maximum absolute atomic E-state index is 11.7. The van der Waals surface area contributed by atoms with Crippen molar-refractivity contribution in [3.63, 3.8) is 0 Å². The van der Waals surface area contributed by atoms with E-state index >= 15 is 0 Å². The quantitative estimate of drug-likeness (QED) is 0.855. The zero-order chi connectivity index (χ0) is 14.5. The highest BCUT2D eigenvalue weighted by atomic mass is 32.2. The first-order chi connectivity index (χ1) is 9.56. The predicted octanol–water partition coefficient (Wildman–Crippen LogP) is 1.28. The molecule has 2 rings (SSSR count). The first-order valence-corrected chi connectivity index (χ1v) is 7.16. The summed E-state index contributed by atoms with van der Waals surface area (Å²) >= 11 is 1.28. The minimum atomic E-state index is -0.507. The Labute approximate surface area is 120 Å². The predicted molar refractivity (Wildman–Crippen MR) is 77.6 cm³/mol. The number of benzene rings is 1. The number of hydrogen-bond acceptors (Lipinski definition) is 4. The van der Waals surface area contributed by atoms with Crippen molar-refractivity contribution >= 4 is 34.5 Å². The second-order valence-corrected chi connectivity index (χ2v) is 5.39. The number of carbonyl (C=O) groups excluding carboxylic acids is 3. The summed E-state index contributed by atoms with van der Waals surface area (Å²) in [4.78, 5) is 35.7. The lowest BCUT2D eigenvalue weighted by Gasteiger charge is -2.13. The number of nitrogens with two attached hydrogens (primary N) is 1. The van der Waals surface area contributed by atoms with Gasteiger partial charge in [0, 0.05) is 36.5 Å². The number of hydrogen-bond donors (Lipinski definition) is 2. The molecule has 1 aliphatic heterocycles. The largest absolute Gasteiger partial charge is 0.366 e. The number of nitrogens with zero attached hydrogens (tertiary/aromatic N) is 1. The van der Waals surface area contributed by atoms with Gasteiger partial charge in [-0.05, 0) is 24.3 Å². The van der Waals surface area contributed by atoms with Crippen LogP contribution < -0.4 is 11.1 Å². The van der Waals surface area contributed by atoms with Crippen LogP contribution in [0.4, 0.5) is 10.5 Å². The Balaban J connectivity index is 1.82. The molecular formula is C13H15N3O3S. The lowest BCUT2D eigenvalue weighted by molar-refractivity contribution is -0.116. The smallest absolute Gasteiger partial charge is 0.281 e. The van der Waals surface area contributed by atoms with Crippen LogP contribution in [0.3, 0.4) is 0 Å². The lowest BCUT2D eigenvalue weighted by atomic mass is 10.2. The van der Waals surface area contributed by atoms with Crippen molar-refractivity contribution in [2.24, 2.45) is 5.73 Å². The zero-order valence-corrected chi connectivity index (χ0v) is 11.6. The Hall–Kier alpha value is -2.02. The van der Waals surface area contributed by atoms with Gasteiger partial charge in [-0.2, -0.15) is 0 Å². The Bertz CT molecular complexity index is 530. The summed E-state index contributed by atoms with van der Waals surface area (Å²) in [5.41, 5.74) is 6.12. The van der Waals surface area contributed by atoms with Gasteiger partial charge in [-0.15, -0.1) is 0 Å². The summed E-state index contributed by atoms with van der Waals surface area (Å²) in [7, 11) is 0. The van der Waals surface area contributed by atoms with Crippen LogP contribution in [0.15, 0.2) is 24.3 Å². The molecule has 0 spiro atoms. The maximum Gasteiger partial charge on any atom is 0.281 e. The van der Waals surface area contributed by atoms with Crippen LogP contribution in [-0.2, 0) is 4.79 Å². The first kappa shape index (κ1) is 14.4. The molecule has 1 aromatic carbocycles. The Morgan fingerprint density at radius 1 is 1.30 bits per heavy atom. The second kappa shape index (κ2) is 6.42. The number of carbonyl (C=O) groups is 3. The van der Waals surface area contributed by atoms with Crippen molar-refractivity contribution in [1.29, 1.82) is 0 Å². The van der Waals surface area contributed by atoms with Crippen molar-refractivity contribution < 1.29 is 14.4 Å². The van der Waals surface area contributed by atoms with Crippen molar-refractivity contribution in [3.05, 3.63) is 29.8 Å². The van der Waals surface area contributed by atoms with Crippen LogP contribution in [0.1, 0.15) is 16.8 Å². The van der Waals surface area contributed by atoms with E-state index in [1.165, 1.54) is 11.8 Å². The van der Waals surface area contributed by atoms with Crippen LogP contribution in [0, 0.1) is 0 Å².